The van der Waals surface area contributed by atoms with Gasteiger partial charge < -0.3 is 20.2 Å². The molecule has 238 valence electrons. The van der Waals surface area contributed by atoms with Gasteiger partial charge in [-0.25, -0.2) is 32.0 Å². The van der Waals surface area contributed by atoms with Gasteiger partial charge in [0.1, 0.15) is 33.9 Å². The second-order valence-electron chi connectivity index (χ2n) is 9.62. The first kappa shape index (κ1) is 32.5. The van der Waals surface area contributed by atoms with Crippen LogP contribution in [0, 0.1) is 11.6 Å². The van der Waals surface area contributed by atoms with Gasteiger partial charge in [0.15, 0.2) is 11.5 Å². The Balaban J connectivity index is 1.64. The van der Waals surface area contributed by atoms with E-state index in [1.165, 1.54) is 4.90 Å². The second kappa shape index (κ2) is 13.1. The van der Waals surface area contributed by atoms with Crippen molar-refractivity contribution < 1.29 is 50.2 Å². The average molecular weight is 652 g/mol. The number of alkyl halides is 5. The first-order valence-corrected chi connectivity index (χ1v) is 13.7. The third-order valence-corrected chi connectivity index (χ3v) is 7.71. The lowest BCUT2D eigenvalue weighted by Crippen LogP contribution is -2.45. The number of carbonyl (C=O) groups excluding carboxylic acids is 2. The lowest BCUT2D eigenvalue weighted by molar-refractivity contribution is -0.186. The molecule has 19 heteroatoms. The highest BCUT2D eigenvalue weighted by Crippen LogP contribution is 2.37. The summed E-state index contributed by atoms with van der Waals surface area (Å²) in [6.45, 7) is -0.768. The average Bonchev–Trinajstić information content (AvgIpc) is 3.41. The van der Waals surface area contributed by atoms with E-state index in [1.807, 2.05) is 5.32 Å². The molecule has 1 atom stereocenters. The van der Waals surface area contributed by atoms with Crippen LogP contribution in [-0.2, 0) is 11.3 Å². The van der Waals surface area contributed by atoms with Crippen LogP contribution < -0.4 is 15.5 Å². The van der Waals surface area contributed by atoms with Crippen LogP contribution in [0.3, 0.4) is 0 Å². The molecule has 0 radical (unpaired) electrons. The minimum atomic E-state index is -5.07. The summed E-state index contributed by atoms with van der Waals surface area (Å²) >= 11 is 0.477. The van der Waals surface area contributed by atoms with Crippen LogP contribution >= 0.6 is 11.3 Å². The number of thiazole rings is 1. The molecule has 0 saturated carbocycles. The molecule has 1 saturated heterocycles. The molecule has 1 aromatic carbocycles. The molecule has 3 amide bonds. The van der Waals surface area contributed by atoms with Gasteiger partial charge in [0.25, 0.3) is 12.3 Å². The number of aromatic nitrogens is 3. The predicted molar refractivity (Wildman–Crippen MR) is 144 cm³/mol. The summed E-state index contributed by atoms with van der Waals surface area (Å²) < 4.78 is 95.4. The summed E-state index contributed by atoms with van der Waals surface area (Å²) in [5.74, 6) is -5.16. The van der Waals surface area contributed by atoms with Crippen molar-refractivity contribution >= 4 is 45.8 Å². The van der Waals surface area contributed by atoms with Crippen molar-refractivity contribution in [1.82, 2.24) is 19.7 Å². The molecule has 1 fully saturated rings. The molecular weight excluding hydrogens is 627 g/mol. The number of amides is 3. The van der Waals surface area contributed by atoms with Crippen LogP contribution in [0.5, 0.6) is 0 Å². The Morgan fingerprint density at radius 3 is 2.43 bits per heavy atom. The highest BCUT2D eigenvalue weighted by atomic mass is 32.1. The third-order valence-electron chi connectivity index (χ3n) is 6.72. The van der Waals surface area contributed by atoms with E-state index in [4.69, 9.17) is 0 Å². The Morgan fingerprint density at radius 2 is 1.82 bits per heavy atom. The number of hydrogen-bond donors (Lipinski definition) is 3. The lowest BCUT2D eigenvalue weighted by atomic mass is 10.1. The summed E-state index contributed by atoms with van der Waals surface area (Å²) in [7, 11) is 1.03. The van der Waals surface area contributed by atoms with Crippen LogP contribution in [0.15, 0.2) is 24.4 Å². The van der Waals surface area contributed by atoms with Crippen LogP contribution in [0.4, 0.5) is 52.0 Å². The molecule has 3 heterocycles. The van der Waals surface area contributed by atoms with Crippen molar-refractivity contribution in [2.75, 3.05) is 35.7 Å². The Bertz CT molecular complexity index is 1520. The van der Waals surface area contributed by atoms with Gasteiger partial charge in [0.05, 0.1) is 11.8 Å². The molecule has 1 aliphatic heterocycles. The van der Waals surface area contributed by atoms with Crippen molar-refractivity contribution in [1.29, 1.82) is 0 Å². The molecule has 1 aliphatic rings. The zero-order chi connectivity index (χ0) is 32.3. The van der Waals surface area contributed by atoms with Crippen LogP contribution in [0.25, 0.3) is 10.6 Å². The van der Waals surface area contributed by atoms with E-state index in [0.717, 1.165) is 36.1 Å². The molecule has 11 nitrogen and oxygen atoms in total. The Labute approximate surface area is 248 Å². The van der Waals surface area contributed by atoms with Crippen LogP contribution in [0.2, 0.25) is 0 Å². The van der Waals surface area contributed by atoms with Crippen molar-refractivity contribution in [2.45, 2.75) is 44.5 Å². The van der Waals surface area contributed by atoms with Gasteiger partial charge in [-0.2, -0.15) is 18.3 Å². The predicted octanol–water partition coefficient (Wildman–Crippen LogP) is 5.27. The topological polar surface area (TPSA) is 133 Å². The number of carboxylic acid groups (broad SMARTS) is 1. The molecule has 0 aliphatic carbocycles. The van der Waals surface area contributed by atoms with Crippen LogP contribution in [0.1, 0.15) is 29.8 Å². The van der Waals surface area contributed by atoms with E-state index >= 15 is 0 Å². The number of benzene rings is 1. The van der Waals surface area contributed by atoms with E-state index in [1.54, 1.807) is 0 Å². The molecule has 4 rings (SSSR count). The molecule has 2 aromatic heterocycles. The summed E-state index contributed by atoms with van der Waals surface area (Å²) in [4.78, 5) is 42.5. The van der Waals surface area contributed by atoms with E-state index in [-0.39, 0.29) is 53.9 Å². The monoisotopic (exact) mass is 651 g/mol. The molecule has 3 aromatic rings. The van der Waals surface area contributed by atoms with E-state index in [0.29, 0.717) is 16.2 Å². The lowest BCUT2D eigenvalue weighted by Gasteiger charge is -2.28. The molecule has 0 bridgehead atoms. The first-order valence-electron chi connectivity index (χ1n) is 12.9. The number of carbonyl (C=O) groups is 3. The normalized spacial score (nSPS) is 15.7. The number of halogens is 7. The molecule has 44 heavy (non-hydrogen) atoms. The summed E-state index contributed by atoms with van der Waals surface area (Å²) in [5.41, 5.74) is -1.31. The van der Waals surface area contributed by atoms with E-state index in [2.05, 4.69) is 15.4 Å². The summed E-state index contributed by atoms with van der Waals surface area (Å²) in [6, 6.07) is 2.17. The minimum absolute atomic E-state index is 0.00280. The Morgan fingerprint density at radius 1 is 1.14 bits per heavy atom. The summed E-state index contributed by atoms with van der Waals surface area (Å²) in [5, 5.41) is 16.8. The number of hydrogen-bond acceptors (Lipinski definition) is 7. The number of anilines is 3. The Kier molecular flexibility index (Phi) is 9.65. The molecule has 1 unspecified atom stereocenters. The molecule has 3 N–H and O–H groups in total. The van der Waals surface area contributed by atoms with Crippen LogP contribution in [-0.4, -0.2) is 81.5 Å². The van der Waals surface area contributed by atoms with E-state index in [9.17, 15) is 50.2 Å². The molecule has 0 spiro atoms. The van der Waals surface area contributed by atoms with Crippen molar-refractivity contribution in [3.8, 4) is 10.6 Å². The standard InChI is InChI=1S/C25H24F7N7O4S/c1-37(23(41)25(30,31)32)12-4-3-8-38(9-7-12)22-15(10-33-39(22)11-16(28)29)34-19(40)18-21(36-24(42)43)44-20(35-18)17-13(26)5-2-6-14(17)27/h2,5-6,10,12,16,36H,3-4,7-9,11H2,1H3,(H,34,40)(H,42,43). The van der Waals surface area contributed by atoms with Gasteiger partial charge in [-0.1, -0.05) is 17.4 Å². The minimum Gasteiger partial charge on any atom is -0.465 e. The van der Waals surface area contributed by atoms with Gasteiger partial charge in [0.2, 0.25) is 0 Å². The van der Waals surface area contributed by atoms with Crippen molar-refractivity contribution in [3.05, 3.63) is 41.7 Å². The number of nitrogens with zero attached hydrogens (tertiary/aromatic N) is 5. The van der Waals surface area contributed by atoms with Gasteiger partial charge in [-0.15, -0.1) is 0 Å². The van der Waals surface area contributed by atoms with Gasteiger partial charge in [-0.3, -0.25) is 14.9 Å². The number of nitrogens with one attached hydrogen (secondary N) is 2. The van der Waals surface area contributed by atoms with Gasteiger partial charge in [0, 0.05) is 26.2 Å². The van der Waals surface area contributed by atoms with Gasteiger partial charge in [-0.05, 0) is 31.4 Å². The van der Waals surface area contributed by atoms with E-state index < -0.39 is 66.0 Å². The highest BCUT2D eigenvalue weighted by Gasteiger charge is 2.43. The fourth-order valence-electron chi connectivity index (χ4n) is 4.76. The van der Waals surface area contributed by atoms with Crippen molar-refractivity contribution in [2.24, 2.45) is 0 Å². The zero-order valence-corrected chi connectivity index (χ0v) is 23.5. The zero-order valence-electron chi connectivity index (χ0n) is 22.7. The Hall–Kier alpha value is -4.42. The van der Waals surface area contributed by atoms with Crippen molar-refractivity contribution in [3.63, 3.8) is 0 Å². The maximum absolute atomic E-state index is 14.4. The first-order chi connectivity index (χ1) is 20.7. The maximum atomic E-state index is 14.4. The largest absolute Gasteiger partial charge is 0.471 e. The quantitative estimate of drug-likeness (QED) is 0.283. The smallest absolute Gasteiger partial charge is 0.465 e. The fraction of sp³-hybridized carbons (Fsp3) is 0.400. The second-order valence-corrected chi connectivity index (χ2v) is 10.6. The highest BCUT2D eigenvalue weighted by molar-refractivity contribution is 7.19. The fourth-order valence-corrected chi connectivity index (χ4v) is 5.76. The SMILES string of the molecule is CN(C(=O)C(F)(F)F)C1CCCN(c2c(NC(=O)c3nc(-c4c(F)cccc4F)sc3NC(=O)O)cnn2CC(F)F)CC1. The third kappa shape index (κ3) is 7.20. The van der Waals surface area contributed by atoms with Gasteiger partial charge >= 0.3 is 18.2 Å². The maximum Gasteiger partial charge on any atom is 0.471 e. The number of rotatable bonds is 8. The summed E-state index contributed by atoms with van der Waals surface area (Å²) in [6.07, 6.45) is -8.05. The molecular formula is C25H24F7N7O4S.